The number of pyridine rings is 1. The first kappa shape index (κ1) is 8.65. The van der Waals surface area contributed by atoms with E-state index in [0.717, 1.165) is 16.5 Å². The number of nitrogens with one attached hydrogen (secondary N) is 1. The Kier molecular flexibility index (Phi) is 1.84. The van der Waals surface area contributed by atoms with Crippen molar-refractivity contribution >= 4 is 16.7 Å². The van der Waals surface area contributed by atoms with Crippen molar-refractivity contribution in [2.45, 2.75) is 19.3 Å². The SMILES string of the molecule is O=C(CC1CC1)c1c[nH]c2ccncc12. The molecule has 0 saturated heterocycles. The summed E-state index contributed by atoms with van der Waals surface area (Å²) >= 11 is 0. The Morgan fingerprint density at radius 2 is 2.40 bits per heavy atom. The molecule has 0 aliphatic heterocycles. The van der Waals surface area contributed by atoms with Gasteiger partial charge in [0.2, 0.25) is 0 Å². The van der Waals surface area contributed by atoms with E-state index >= 15 is 0 Å². The average Bonchev–Trinajstić information content (AvgIpc) is 2.96. The second-order valence-electron chi connectivity index (χ2n) is 4.19. The van der Waals surface area contributed by atoms with Crippen LogP contribution in [-0.4, -0.2) is 15.8 Å². The van der Waals surface area contributed by atoms with E-state index < -0.39 is 0 Å². The van der Waals surface area contributed by atoms with E-state index in [9.17, 15) is 4.79 Å². The Morgan fingerprint density at radius 1 is 1.53 bits per heavy atom. The predicted octanol–water partition coefficient (Wildman–Crippen LogP) is 2.55. The summed E-state index contributed by atoms with van der Waals surface area (Å²) in [4.78, 5) is 19.1. The summed E-state index contributed by atoms with van der Waals surface area (Å²) in [5.74, 6) is 0.885. The van der Waals surface area contributed by atoms with E-state index in [4.69, 9.17) is 0 Å². The zero-order chi connectivity index (χ0) is 10.3. The zero-order valence-electron chi connectivity index (χ0n) is 8.36. The van der Waals surface area contributed by atoms with Crippen molar-refractivity contribution in [1.82, 2.24) is 9.97 Å². The normalized spacial score (nSPS) is 15.7. The third-order valence-corrected chi connectivity index (χ3v) is 2.95. The molecule has 2 aromatic heterocycles. The quantitative estimate of drug-likeness (QED) is 0.774. The highest BCUT2D eigenvalue weighted by atomic mass is 16.1. The van der Waals surface area contributed by atoms with Gasteiger partial charge in [0, 0.05) is 41.5 Å². The first-order chi connectivity index (χ1) is 7.34. The monoisotopic (exact) mass is 200 g/mol. The van der Waals surface area contributed by atoms with Crippen LogP contribution in [0.25, 0.3) is 10.9 Å². The van der Waals surface area contributed by atoms with Crippen LogP contribution in [0.5, 0.6) is 0 Å². The van der Waals surface area contributed by atoms with E-state index in [1.807, 2.05) is 6.07 Å². The van der Waals surface area contributed by atoms with Gasteiger partial charge < -0.3 is 4.98 Å². The molecule has 3 nitrogen and oxygen atoms in total. The van der Waals surface area contributed by atoms with Crippen LogP contribution >= 0.6 is 0 Å². The number of H-pyrrole nitrogens is 1. The van der Waals surface area contributed by atoms with Crippen molar-refractivity contribution in [3.63, 3.8) is 0 Å². The molecule has 15 heavy (non-hydrogen) atoms. The highest BCUT2D eigenvalue weighted by molar-refractivity contribution is 6.07. The second-order valence-corrected chi connectivity index (χ2v) is 4.19. The van der Waals surface area contributed by atoms with Gasteiger partial charge in [-0.2, -0.15) is 0 Å². The predicted molar refractivity (Wildman–Crippen MR) is 57.8 cm³/mol. The number of hydrogen-bond donors (Lipinski definition) is 1. The maximum Gasteiger partial charge on any atom is 0.165 e. The van der Waals surface area contributed by atoms with Gasteiger partial charge in [0.05, 0.1) is 0 Å². The topological polar surface area (TPSA) is 45.8 Å². The Labute approximate surface area is 87.5 Å². The lowest BCUT2D eigenvalue weighted by molar-refractivity contribution is 0.0977. The molecule has 0 unspecified atom stereocenters. The van der Waals surface area contributed by atoms with Gasteiger partial charge in [-0.25, -0.2) is 0 Å². The fraction of sp³-hybridized carbons (Fsp3) is 0.333. The number of rotatable bonds is 3. The summed E-state index contributed by atoms with van der Waals surface area (Å²) in [6, 6.07) is 1.89. The molecule has 0 amide bonds. The molecule has 2 aromatic rings. The maximum atomic E-state index is 11.9. The van der Waals surface area contributed by atoms with Crippen molar-refractivity contribution in [3.05, 3.63) is 30.2 Å². The van der Waals surface area contributed by atoms with Crippen LogP contribution in [0.1, 0.15) is 29.6 Å². The molecule has 0 bridgehead atoms. The number of carbonyl (C=O) groups is 1. The molecule has 1 aliphatic rings. The van der Waals surface area contributed by atoms with E-state index in [1.165, 1.54) is 12.8 Å². The molecule has 0 radical (unpaired) electrons. The fourth-order valence-corrected chi connectivity index (χ4v) is 1.89. The standard InChI is InChI=1S/C12H12N2O/c15-12(5-8-1-2-8)10-7-14-11-3-4-13-6-9(10)11/h3-4,6-8,14H,1-2,5H2. The highest BCUT2D eigenvalue weighted by Gasteiger charge is 2.25. The van der Waals surface area contributed by atoms with Gasteiger partial charge in [-0.3, -0.25) is 9.78 Å². The third kappa shape index (κ3) is 1.54. The summed E-state index contributed by atoms with van der Waals surface area (Å²) in [6.45, 7) is 0. The van der Waals surface area contributed by atoms with Gasteiger partial charge in [-0.1, -0.05) is 0 Å². The number of nitrogens with zero attached hydrogens (tertiary/aromatic N) is 1. The minimum Gasteiger partial charge on any atom is -0.360 e. The van der Waals surface area contributed by atoms with Crippen molar-refractivity contribution in [1.29, 1.82) is 0 Å². The van der Waals surface area contributed by atoms with E-state index in [1.54, 1.807) is 18.6 Å². The van der Waals surface area contributed by atoms with Crippen molar-refractivity contribution in [3.8, 4) is 0 Å². The van der Waals surface area contributed by atoms with Crippen molar-refractivity contribution < 1.29 is 4.79 Å². The van der Waals surface area contributed by atoms with Gasteiger partial charge >= 0.3 is 0 Å². The van der Waals surface area contributed by atoms with Gasteiger partial charge in [0.1, 0.15) is 0 Å². The summed E-state index contributed by atoms with van der Waals surface area (Å²) in [6.07, 6.45) is 8.41. The van der Waals surface area contributed by atoms with Crippen molar-refractivity contribution in [2.24, 2.45) is 5.92 Å². The lowest BCUT2D eigenvalue weighted by Gasteiger charge is -1.96. The van der Waals surface area contributed by atoms with Crippen molar-refractivity contribution in [2.75, 3.05) is 0 Å². The smallest absolute Gasteiger partial charge is 0.165 e. The molecule has 1 saturated carbocycles. The Hall–Kier alpha value is -1.64. The first-order valence-corrected chi connectivity index (χ1v) is 5.29. The van der Waals surface area contributed by atoms with Crippen LogP contribution in [0.4, 0.5) is 0 Å². The minimum absolute atomic E-state index is 0.247. The Morgan fingerprint density at radius 3 is 3.20 bits per heavy atom. The number of carbonyl (C=O) groups excluding carboxylic acids is 1. The number of aromatic amines is 1. The van der Waals surface area contributed by atoms with Gasteiger partial charge in [0.25, 0.3) is 0 Å². The van der Waals surface area contributed by atoms with Gasteiger partial charge in [0.15, 0.2) is 5.78 Å². The summed E-state index contributed by atoms with van der Waals surface area (Å²) in [5.41, 5.74) is 1.79. The first-order valence-electron chi connectivity index (χ1n) is 5.29. The highest BCUT2D eigenvalue weighted by Crippen LogP contribution is 2.34. The summed E-state index contributed by atoms with van der Waals surface area (Å²) < 4.78 is 0. The third-order valence-electron chi connectivity index (χ3n) is 2.95. The fourth-order valence-electron chi connectivity index (χ4n) is 1.89. The lowest BCUT2D eigenvalue weighted by Crippen LogP contribution is -1.98. The average molecular weight is 200 g/mol. The Balaban J connectivity index is 1.98. The molecule has 0 atom stereocenters. The maximum absolute atomic E-state index is 11.9. The van der Waals surface area contributed by atoms with E-state index in [-0.39, 0.29) is 5.78 Å². The Bertz CT molecular complexity index is 511. The number of Topliss-reactive ketones (excluding diaryl/α,β-unsaturated/α-hetero) is 1. The van der Waals surface area contributed by atoms with Crippen LogP contribution in [0.15, 0.2) is 24.7 Å². The largest absolute Gasteiger partial charge is 0.360 e. The van der Waals surface area contributed by atoms with Gasteiger partial charge in [-0.05, 0) is 24.8 Å². The molecule has 1 N–H and O–H groups in total. The summed E-state index contributed by atoms with van der Waals surface area (Å²) in [5, 5.41) is 0.947. The van der Waals surface area contributed by atoms with Crippen LogP contribution < -0.4 is 0 Å². The molecule has 0 spiro atoms. The summed E-state index contributed by atoms with van der Waals surface area (Å²) in [7, 11) is 0. The number of aromatic nitrogens is 2. The second kappa shape index (κ2) is 3.19. The zero-order valence-corrected chi connectivity index (χ0v) is 8.36. The van der Waals surface area contributed by atoms with Crippen LogP contribution in [0, 0.1) is 5.92 Å². The number of hydrogen-bond acceptors (Lipinski definition) is 2. The van der Waals surface area contributed by atoms with Gasteiger partial charge in [-0.15, -0.1) is 0 Å². The lowest BCUT2D eigenvalue weighted by atomic mass is 10.1. The molecule has 2 heterocycles. The molecule has 1 fully saturated rings. The molecular formula is C12H12N2O. The van der Waals surface area contributed by atoms with Crippen LogP contribution in [0.2, 0.25) is 0 Å². The molecular weight excluding hydrogens is 188 g/mol. The van der Waals surface area contributed by atoms with Crippen LogP contribution in [-0.2, 0) is 0 Å². The van der Waals surface area contributed by atoms with E-state index in [0.29, 0.717) is 12.3 Å². The number of fused-ring (bicyclic) bond motifs is 1. The minimum atomic E-state index is 0.247. The molecule has 3 rings (SSSR count). The molecule has 1 aliphatic carbocycles. The van der Waals surface area contributed by atoms with Crippen LogP contribution in [0.3, 0.4) is 0 Å². The number of ketones is 1. The van der Waals surface area contributed by atoms with E-state index in [2.05, 4.69) is 9.97 Å². The molecule has 76 valence electrons. The molecule has 3 heteroatoms. The molecule has 0 aromatic carbocycles.